The summed E-state index contributed by atoms with van der Waals surface area (Å²) in [6, 6.07) is 5.81. The molecule has 0 atom stereocenters. The molecule has 0 aliphatic heterocycles. The molecule has 2 aromatic rings. The van der Waals surface area contributed by atoms with E-state index in [1.807, 2.05) is 29.3 Å². The molecule has 0 bridgehead atoms. The molecule has 0 unspecified atom stereocenters. The van der Waals surface area contributed by atoms with Crippen molar-refractivity contribution >= 4 is 17.2 Å². The third-order valence-electron chi connectivity index (χ3n) is 2.70. The van der Waals surface area contributed by atoms with Crippen molar-refractivity contribution in [1.82, 2.24) is 4.90 Å². The van der Waals surface area contributed by atoms with Crippen LogP contribution in [-0.2, 0) is 17.9 Å². The Morgan fingerprint density at radius 3 is 2.89 bits per heavy atom. The summed E-state index contributed by atoms with van der Waals surface area (Å²) in [6.45, 7) is 3.22. The van der Waals surface area contributed by atoms with Crippen LogP contribution in [0.15, 0.2) is 39.6 Å². The summed E-state index contributed by atoms with van der Waals surface area (Å²) in [4.78, 5) is 13.9. The zero-order valence-electron chi connectivity index (χ0n) is 10.5. The molecule has 4 heteroatoms. The minimum absolute atomic E-state index is 0.181. The van der Waals surface area contributed by atoms with Crippen LogP contribution >= 0.6 is 11.3 Å². The zero-order valence-corrected chi connectivity index (χ0v) is 11.3. The molecule has 18 heavy (non-hydrogen) atoms. The van der Waals surface area contributed by atoms with Crippen molar-refractivity contribution < 1.29 is 9.21 Å². The van der Waals surface area contributed by atoms with E-state index in [2.05, 4.69) is 11.4 Å². The van der Waals surface area contributed by atoms with Gasteiger partial charge in [-0.15, -0.1) is 0 Å². The Morgan fingerprint density at radius 2 is 2.28 bits per heavy atom. The van der Waals surface area contributed by atoms with Crippen molar-refractivity contribution in [2.75, 3.05) is 0 Å². The Hall–Kier alpha value is -1.55. The first-order chi connectivity index (χ1) is 8.79. The van der Waals surface area contributed by atoms with Gasteiger partial charge in [0.1, 0.15) is 5.76 Å². The van der Waals surface area contributed by atoms with Crippen molar-refractivity contribution in [2.45, 2.75) is 32.9 Å². The predicted octanol–water partition coefficient (Wildman–Crippen LogP) is 3.67. The number of thiophene rings is 1. The first kappa shape index (κ1) is 12.9. The van der Waals surface area contributed by atoms with Crippen LogP contribution in [0.1, 0.15) is 31.1 Å². The van der Waals surface area contributed by atoms with Crippen LogP contribution in [0.4, 0.5) is 0 Å². The van der Waals surface area contributed by atoms with Gasteiger partial charge in [-0.3, -0.25) is 4.79 Å². The van der Waals surface area contributed by atoms with E-state index in [0.717, 1.165) is 12.2 Å². The maximum Gasteiger partial charge on any atom is 0.223 e. The molecule has 0 saturated heterocycles. The van der Waals surface area contributed by atoms with E-state index in [-0.39, 0.29) is 5.91 Å². The van der Waals surface area contributed by atoms with Gasteiger partial charge in [0.2, 0.25) is 5.91 Å². The molecule has 0 spiro atoms. The molecule has 2 aromatic heterocycles. The highest BCUT2D eigenvalue weighted by Crippen LogP contribution is 2.14. The predicted molar refractivity (Wildman–Crippen MR) is 72.2 cm³/mol. The number of amides is 1. The van der Waals surface area contributed by atoms with Gasteiger partial charge in [-0.2, -0.15) is 11.3 Å². The molecule has 0 aliphatic rings. The average Bonchev–Trinajstić information content (AvgIpc) is 3.01. The van der Waals surface area contributed by atoms with Crippen molar-refractivity contribution in [1.29, 1.82) is 0 Å². The lowest BCUT2D eigenvalue weighted by molar-refractivity contribution is -0.132. The first-order valence-electron chi connectivity index (χ1n) is 6.11. The lowest BCUT2D eigenvalue weighted by Gasteiger charge is -2.21. The van der Waals surface area contributed by atoms with Gasteiger partial charge in [-0.05, 0) is 40.9 Å². The van der Waals surface area contributed by atoms with Crippen LogP contribution in [0.25, 0.3) is 0 Å². The van der Waals surface area contributed by atoms with Crippen LogP contribution in [0.3, 0.4) is 0 Å². The third-order valence-corrected chi connectivity index (χ3v) is 3.43. The summed E-state index contributed by atoms with van der Waals surface area (Å²) in [5, 5.41) is 4.11. The smallest absolute Gasteiger partial charge is 0.223 e. The Morgan fingerprint density at radius 1 is 1.39 bits per heavy atom. The topological polar surface area (TPSA) is 33.5 Å². The first-order valence-corrected chi connectivity index (χ1v) is 7.05. The van der Waals surface area contributed by atoms with Gasteiger partial charge in [0.15, 0.2) is 0 Å². The molecule has 0 fully saturated rings. The van der Waals surface area contributed by atoms with Crippen molar-refractivity contribution in [3.63, 3.8) is 0 Å². The number of nitrogens with zero attached hydrogens (tertiary/aromatic N) is 1. The highest BCUT2D eigenvalue weighted by atomic mass is 32.1. The number of furan rings is 1. The van der Waals surface area contributed by atoms with E-state index < -0.39 is 0 Å². The molecular formula is C14H17NO2S. The quantitative estimate of drug-likeness (QED) is 0.796. The molecule has 1 amide bonds. The van der Waals surface area contributed by atoms with E-state index in [9.17, 15) is 4.79 Å². The summed E-state index contributed by atoms with van der Waals surface area (Å²) in [7, 11) is 0. The number of hydrogen-bond acceptors (Lipinski definition) is 3. The minimum Gasteiger partial charge on any atom is -0.467 e. The standard InChI is InChI=1S/C14H17NO2S/c1-2-4-14(16)15(9-12-6-8-18-11-12)10-13-5-3-7-17-13/h3,5-8,11H,2,4,9-10H2,1H3. The van der Waals surface area contributed by atoms with Gasteiger partial charge >= 0.3 is 0 Å². The summed E-state index contributed by atoms with van der Waals surface area (Å²) < 4.78 is 5.32. The minimum atomic E-state index is 0.181. The van der Waals surface area contributed by atoms with E-state index in [1.54, 1.807) is 17.6 Å². The molecule has 0 N–H and O–H groups in total. The number of carbonyl (C=O) groups is 1. The number of hydrogen-bond donors (Lipinski definition) is 0. The van der Waals surface area contributed by atoms with Crippen LogP contribution in [0.5, 0.6) is 0 Å². The van der Waals surface area contributed by atoms with Gasteiger partial charge in [0.05, 0.1) is 12.8 Å². The van der Waals surface area contributed by atoms with Gasteiger partial charge in [0, 0.05) is 13.0 Å². The van der Waals surface area contributed by atoms with Gasteiger partial charge in [0.25, 0.3) is 0 Å². The second-order valence-electron chi connectivity index (χ2n) is 4.21. The summed E-state index contributed by atoms with van der Waals surface area (Å²) in [6.07, 6.45) is 3.10. The van der Waals surface area contributed by atoms with Crippen molar-refractivity contribution in [2.24, 2.45) is 0 Å². The highest BCUT2D eigenvalue weighted by Gasteiger charge is 2.15. The van der Waals surface area contributed by atoms with Gasteiger partial charge < -0.3 is 9.32 Å². The lowest BCUT2D eigenvalue weighted by atomic mass is 10.2. The summed E-state index contributed by atoms with van der Waals surface area (Å²) >= 11 is 1.65. The average molecular weight is 263 g/mol. The maximum atomic E-state index is 12.1. The molecular weight excluding hydrogens is 246 g/mol. The second-order valence-corrected chi connectivity index (χ2v) is 4.99. The Kier molecular flexibility index (Phi) is 4.59. The largest absolute Gasteiger partial charge is 0.467 e. The summed E-state index contributed by atoms with van der Waals surface area (Å²) in [5.74, 6) is 1.01. The third kappa shape index (κ3) is 3.47. The fourth-order valence-corrected chi connectivity index (χ4v) is 2.46. The second kappa shape index (κ2) is 6.40. The van der Waals surface area contributed by atoms with Crippen molar-refractivity contribution in [3.8, 4) is 0 Å². The lowest BCUT2D eigenvalue weighted by Crippen LogP contribution is -2.29. The van der Waals surface area contributed by atoms with Crippen molar-refractivity contribution in [3.05, 3.63) is 46.5 Å². The molecule has 96 valence electrons. The molecule has 0 aromatic carbocycles. The van der Waals surface area contributed by atoms with Crippen LogP contribution in [0.2, 0.25) is 0 Å². The number of carbonyl (C=O) groups excluding carboxylic acids is 1. The SMILES string of the molecule is CCCC(=O)N(Cc1ccsc1)Cc1ccco1. The van der Waals surface area contributed by atoms with Crippen LogP contribution in [-0.4, -0.2) is 10.8 Å². The maximum absolute atomic E-state index is 12.1. The molecule has 0 saturated carbocycles. The number of rotatable bonds is 6. The Balaban J connectivity index is 2.04. The van der Waals surface area contributed by atoms with E-state index in [4.69, 9.17) is 4.42 Å². The van der Waals surface area contributed by atoms with Crippen LogP contribution < -0.4 is 0 Å². The molecule has 0 radical (unpaired) electrons. The zero-order chi connectivity index (χ0) is 12.8. The highest BCUT2D eigenvalue weighted by molar-refractivity contribution is 7.07. The Bertz CT molecular complexity index is 426. The van der Waals surface area contributed by atoms with Gasteiger partial charge in [-0.1, -0.05) is 6.92 Å². The molecule has 2 rings (SSSR count). The monoisotopic (exact) mass is 263 g/mol. The van der Waals surface area contributed by atoms with E-state index in [1.165, 1.54) is 5.56 Å². The molecule has 2 heterocycles. The van der Waals surface area contributed by atoms with E-state index in [0.29, 0.717) is 19.5 Å². The Labute approximate surface area is 111 Å². The normalized spacial score (nSPS) is 10.5. The summed E-state index contributed by atoms with van der Waals surface area (Å²) in [5.41, 5.74) is 1.18. The van der Waals surface area contributed by atoms with Crippen LogP contribution in [0, 0.1) is 0 Å². The fraction of sp³-hybridized carbons (Fsp3) is 0.357. The van der Waals surface area contributed by atoms with E-state index >= 15 is 0 Å². The molecule has 3 nitrogen and oxygen atoms in total. The fourth-order valence-electron chi connectivity index (χ4n) is 1.80. The molecule has 0 aliphatic carbocycles. The van der Waals surface area contributed by atoms with Gasteiger partial charge in [-0.25, -0.2) is 0 Å².